The van der Waals surface area contributed by atoms with E-state index in [4.69, 9.17) is 15.2 Å². The number of tetrazole rings is 1. The van der Waals surface area contributed by atoms with Crippen molar-refractivity contribution in [1.82, 2.24) is 20.2 Å². The minimum atomic E-state index is 0.181. The first kappa shape index (κ1) is 13.8. The van der Waals surface area contributed by atoms with Crippen LogP contribution in [0, 0.1) is 5.92 Å². The molecular formula is C14H19N5O2. The molecule has 0 saturated carbocycles. The number of nitrogen functional groups attached to an aromatic ring is 1. The number of anilines is 1. The van der Waals surface area contributed by atoms with Crippen LogP contribution in [0.3, 0.4) is 0 Å². The molecule has 1 aliphatic rings. The Bertz CT molecular complexity index is 622. The predicted molar refractivity (Wildman–Crippen MR) is 77.9 cm³/mol. The summed E-state index contributed by atoms with van der Waals surface area (Å²) in [5, 5.41) is 12.1. The zero-order valence-electron chi connectivity index (χ0n) is 12.2. The second-order valence-electron chi connectivity index (χ2n) is 5.27. The molecule has 3 rings (SSSR count). The Morgan fingerprint density at radius 2 is 2.33 bits per heavy atom. The average molecular weight is 289 g/mol. The molecule has 2 N–H and O–H groups in total. The van der Waals surface area contributed by atoms with E-state index in [1.807, 2.05) is 22.9 Å². The maximum Gasteiger partial charge on any atom is 0.182 e. The zero-order chi connectivity index (χ0) is 14.8. The van der Waals surface area contributed by atoms with Gasteiger partial charge in [0, 0.05) is 18.1 Å². The molecule has 7 nitrogen and oxygen atoms in total. The maximum absolute atomic E-state index is 5.96. The van der Waals surface area contributed by atoms with E-state index in [0.29, 0.717) is 23.2 Å². The minimum absolute atomic E-state index is 0.181. The number of nitrogens with zero attached hydrogens (tertiary/aromatic N) is 4. The summed E-state index contributed by atoms with van der Waals surface area (Å²) in [4.78, 5) is 0. The van der Waals surface area contributed by atoms with Crippen LogP contribution in [0.25, 0.3) is 11.4 Å². The SMILES string of the molecule is COc1ccc(-c2nnnn2C(C)C2CCOC2)cc1N. The van der Waals surface area contributed by atoms with Gasteiger partial charge in [-0.05, 0) is 42.0 Å². The van der Waals surface area contributed by atoms with E-state index in [1.165, 1.54) is 0 Å². The molecule has 7 heteroatoms. The van der Waals surface area contributed by atoms with Crippen LogP contribution in [0.15, 0.2) is 18.2 Å². The summed E-state index contributed by atoms with van der Waals surface area (Å²) in [6.07, 6.45) is 1.03. The van der Waals surface area contributed by atoms with E-state index in [9.17, 15) is 0 Å². The number of aromatic nitrogens is 4. The number of nitrogens with two attached hydrogens (primary N) is 1. The van der Waals surface area contributed by atoms with E-state index < -0.39 is 0 Å². The molecule has 1 saturated heterocycles. The smallest absolute Gasteiger partial charge is 0.182 e. The van der Waals surface area contributed by atoms with Gasteiger partial charge in [-0.15, -0.1) is 5.10 Å². The third kappa shape index (κ3) is 2.56. The molecule has 1 aromatic heterocycles. The monoisotopic (exact) mass is 289 g/mol. The average Bonchev–Trinajstić information content (AvgIpc) is 3.17. The highest BCUT2D eigenvalue weighted by molar-refractivity contribution is 5.66. The first-order valence-electron chi connectivity index (χ1n) is 7.00. The molecule has 2 heterocycles. The fourth-order valence-corrected chi connectivity index (χ4v) is 2.66. The predicted octanol–water partition coefficient (Wildman–Crippen LogP) is 1.53. The Morgan fingerprint density at radius 1 is 1.48 bits per heavy atom. The van der Waals surface area contributed by atoms with Crippen molar-refractivity contribution in [2.75, 3.05) is 26.1 Å². The second-order valence-corrected chi connectivity index (χ2v) is 5.27. The highest BCUT2D eigenvalue weighted by Crippen LogP contribution is 2.31. The molecule has 0 amide bonds. The van der Waals surface area contributed by atoms with Crippen LogP contribution in [0.2, 0.25) is 0 Å². The number of benzene rings is 1. The van der Waals surface area contributed by atoms with Crippen molar-refractivity contribution in [2.45, 2.75) is 19.4 Å². The zero-order valence-corrected chi connectivity index (χ0v) is 12.2. The summed E-state index contributed by atoms with van der Waals surface area (Å²) in [5.74, 6) is 1.79. The summed E-state index contributed by atoms with van der Waals surface area (Å²) in [6.45, 7) is 3.68. The van der Waals surface area contributed by atoms with Gasteiger partial charge in [-0.2, -0.15) is 0 Å². The van der Waals surface area contributed by atoms with Gasteiger partial charge in [0.25, 0.3) is 0 Å². The van der Waals surface area contributed by atoms with Crippen molar-refractivity contribution in [3.8, 4) is 17.1 Å². The number of ether oxygens (including phenoxy) is 2. The van der Waals surface area contributed by atoms with Gasteiger partial charge < -0.3 is 15.2 Å². The lowest BCUT2D eigenvalue weighted by Crippen LogP contribution is -2.19. The second kappa shape index (κ2) is 5.69. The largest absolute Gasteiger partial charge is 0.495 e. The molecule has 112 valence electrons. The number of hydrogen-bond acceptors (Lipinski definition) is 6. The van der Waals surface area contributed by atoms with Gasteiger partial charge in [-0.25, -0.2) is 4.68 Å². The summed E-state index contributed by atoms with van der Waals surface area (Å²) in [6, 6.07) is 5.75. The van der Waals surface area contributed by atoms with Gasteiger partial charge in [0.05, 0.1) is 25.4 Å². The Kier molecular flexibility index (Phi) is 3.74. The van der Waals surface area contributed by atoms with Crippen LogP contribution in [-0.2, 0) is 4.74 Å². The first-order valence-corrected chi connectivity index (χ1v) is 7.00. The normalized spacial score (nSPS) is 19.6. The van der Waals surface area contributed by atoms with Crippen molar-refractivity contribution in [3.05, 3.63) is 18.2 Å². The van der Waals surface area contributed by atoms with Crippen molar-refractivity contribution in [3.63, 3.8) is 0 Å². The van der Waals surface area contributed by atoms with Crippen LogP contribution in [0.5, 0.6) is 5.75 Å². The fraction of sp³-hybridized carbons (Fsp3) is 0.500. The van der Waals surface area contributed by atoms with Gasteiger partial charge in [-0.3, -0.25) is 0 Å². The molecule has 1 fully saturated rings. The van der Waals surface area contributed by atoms with Gasteiger partial charge in [0.1, 0.15) is 5.75 Å². The standard InChI is InChI=1S/C14H19N5O2/c1-9(11-5-6-21-8-11)19-14(16-17-18-19)10-3-4-13(20-2)12(15)7-10/h3-4,7,9,11H,5-6,8,15H2,1-2H3. The van der Waals surface area contributed by atoms with Crippen molar-refractivity contribution in [2.24, 2.45) is 5.92 Å². The molecule has 0 aliphatic carbocycles. The molecule has 2 atom stereocenters. The van der Waals surface area contributed by atoms with E-state index in [1.54, 1.807) is 7.11 Å². The summed E-state index contributed by atoms with van der Waals surface area (Å²) in [5.41, 5.74) is 7.41. The van der Waals surface area contributed by atoms with Crippen LogP contribution >= 0.6 is 0 Å². The van der Waals surface area contributed by atoms with E-state index in [0.717, 1.165) is 25.2 Å². The van der Waals surface area contributed by atoms with Crippen molar-refractivity contribution in [1.29, 1.82) is 0 Å². The van der Waals surface area contributed by atoms with Gasteiger partial charge in [0.15, 0.2) is 5.82 Å². The molecule has 2 unspecified atom stereocenters. The molecule has 1 aromatic carbocycles. The van der Waals surface area contributed by atoms with Gasteiger partial charge in [0.2, 0.25) is 0 Å². The Morgan fingerprint density at radius 3 is 3.00 bits per heavy atom. The van der Waals surface area contributed by atoms with E-state index in [-0.39, 0.29) is 6.04 Å². The third-order valence-corrected chi connectivity index (χ3v) is 4.01. The molecule has 0 radical (unpaired) electrons. The van der Waals surface area contributed by atoms with Crippen molar-refractivity contribution >= 4 is 5.69 Å². The molecular weight excluding hydrogens is 270 g/mol. The van der Waals surface area contributed by atoms with Crippen LogP contribution in [0.1, 0.15) is 19.4 Å². The summed E-state index contributed by atoms with van der Waals surface area (Å²) >= 11 is 0. The topological polar surface area (TPSA) is 88.1 Å². The lowest BCUT2D eigenvalue weighted by atomic mass is 10.0. The Hall–Kier alpha value is -2.15. The highest BCUT2D eigenvalue weighted by Gasteiger charge is 2.26. The summed E-state index contributed by atoms with van der Waals surface area (Å²) < 4.78 is 12.5. The summed E-state index contributed by atoms with van der Waals surface area (Å²) in [7, 11) is 1.59. The maximum atomic E-state index is 5.96. The van der Waals surface area contributed by atoms with Gasteiger partial charge in [-0.1, -0.05) is 0 Å². The quantitative estimate of drug-likeness (QED) is 0.859. The first-order chi connectivity index (χ1) is 10.2. The van der Waals surface area contributed by atoms with Crippen LogP contribution < -0.4 is 10.5 Å². The Balaban J connectivity index is 1.93. The van der Waals surface area contributed by atoms with E-state index in [2.05, 4.69) is 22.4 Å². The lowest BCUT2D eigenvalue weighted by Gasteiger charge is -2.19. The van der Waals surface area contributed by atoms with Crippen LogP contribution in [0.4, 0.5) is 5.69 Å². The highest BCUT2D eigenvalue weighted by atomic mass is 16.5. The number of rotatable bonds is 4. The molecule has 0 spiro atoms. The third-order valence-electron chi connectivity index (χ3n) is 4.01. The number of hydrogen-bond donors (Lipinski definition) is 1. The van der Waals surface area contributed by atoms with Crippen molar-refractivity contribution < 1.29 is 9.47 Å². The number of methoxy groups -OCH3 is 1. The molecule has 2 aromatic rings. The van der Waals surface area contributed by atoms with Crippen LogP contribution in [-0.4, -0.2) is 40.5 Å². The van der Waals surface area contributed by atoms with E-state index >= 15 is 0 Å². The Labute approximate surface area is 123 Å². The lowest BCUT2D eigenvalue weighted by molar-refractivity contribution is 0.173. The minimum Gasteiger partial charge on any atom is -0.495 e. The van der Waals surface area contributed by atoms with Gasteiger partial charge >= 0.3 is 0 Å². The molecule has 21 heavy (non-hydrogen) atoms. The molecule has 0 bridgehead atoms. The molecule has 1 aliphatic heterocycles. The fourth-order valence-electron chi connectivity index (χ4n) is 2.66.